The number of thioether (sulfide) groups is 1. The van der Waals surface area contributed by atoms with Crippen molar-refractivity contribution in [3.8, 4) is 5.69 Å². The van der Waals surface area contributed by atoms with Gasteiger partial charge in [0.25, 0.3) is 0 Å². The van der Waals surface area contributed by atoms with Crippen LogP contribution in [0.2, 0.25) is 0 Å². The molecular formula is C20H23N5OS. The Labute approximate surface area is 163 Å². The molecule has 1 aliphatic heterocycles. The van der Waals surface area contributed by atoms with Crippen LogP contribution in [0, 0.1) is 13.8 Å². The second-order valence-electron chi connectivity index (χ2n) is 7.06. The summed E-state index contributed by atoms with van der Waals surface area (Å²) in [5.74, 6) is 1.22. The van der Waals surface area contributed by atoms with E-state index in [-0.39, 0.29) is 17.2 Å². The summed E-state index contributed by atoms with van der Waals surface area (Å²) < 4.78 is 3.87. The van der Waals surface area contributed by atoms with Gasteiger partial charge in [0.15, 0.2) is 0 Å². The van der Waals surface area contributed by atoms with E-state index in [1.807, 2.05) is 40.7 Å². The van der Waals surface area contributed by atoms with Gasteiger partial charge in [0, 0.05) is 22.9 Å². The fourth-order valence-corrected chi connectivity index (χ4v) is 4.85. The Morgan fingerprint density at radius 3 is 2.67 bits per heavy atom. The van der Waals surface area contributed by atoms with E-state index >= 15 is 0 Å². The fraction of sp³-hybridized carbons (Fsp3) is 0.350. The van der Waals surface area contributed by atoms with Crippen molar-refractivity contribution >= 4 is 23.5 Å². The number of fused-ring (bicyclic) bond motifs is 1. The number of anilines is 1. The molecule has 0 bridgehead atoms. The van der Waals surface area contributed by atoms with Crippen molar-refractivity contribution in [3.05, 3.63) is 59.0 Å². The van der Waals surface area contributed by atoms with Crippen molar-refractivity contribution in [2.24, 2.45) is 0 Å². The largest absolute Gasteiger partial charge is 0.310 e. The summed E-state index contributed by atoms with van der Waals surface area (Å²) in [7, 11) is 0. The molecule has 0 unspecified atom stereocenters. The molecule has 1 aromatic carbocycles. The van der Waals surface area contributed by atoms with Crippen LogP contribution in [-0.2, 0) is 4.79 Å². The van der Waals surface area contributed by atoms with Gasteiger partial charge in [0.05, 0.1) is 28.6 Å². The van der Waals surface area contributed by atoms with Crippen LogP contribution in [0.3, 0.4) is 0 Å². The van der Waals surface area contributed by atoms with E-state index in [9.17, 15) is 4.79 Å². The smallest absolute Gasteiger partial charge is 0.235 e. The van der Waals surface area contributed by atoms with Crippen LogP contribution in [0.4, 0.5) is 5.82 Å². The van der Waals surface area contributed by atoms with Crippen molar-refractivity contribution < 1.29 is 4.79 Å². The molecule has 2 aromatic heterocycles. The number of carbonyl (C=O) groups is 1. The highest BCUT2D eigenvalue weighted by atomic mass is 32.2. The van der Waals surface area contributed by atoms with Crippen molar-refractivity contribution in [2.75, 3.05) is 11.1 Å². The standard InChI is InChI=1S/C20H23N5OS/c1-12(2)24-20-16(10-21-24)19(27-11-17(26)22-20)18-13(3)23-25(14(18)4)15-8-6-5-7-9-15/h5-10,12,19H,11H2,1-4H3,(H,22,26)/t19-/m0/s1. The molecule has 3 heterocycles. The second-order valence-corrected chi connectivity index (χ2v) is 8.15. The number of carbonyl (C=O) groups excluding carboxylic acids is 1. The Kier molecular flexibility index (Phi) is 4.55. The number of para-hydroxylation sites is 1. The number of aromatic nitrogens is 4. The van der Waals surface area contributed by atoms with Crippen molar-refractivity contribution in [2.45, 2.75) is 39.0 Å². The van der Waals surface area contributed by atoms with E-state index < -0.39 is 0 Å². The number of hydrogen-bond acceptors (Lipinski definition) is 4. The summed E-state index contributed by atoms with van der Waals surface area (Å²) in [6, 6.07) is 10.3. The molecular weight excluding hydrogens is 358 g/mol. The molecule has 1 N–H and O–H groups in total. The Morgan fingerprint density at radius 1 is 1.22 bits per heavy atom. The molecule has 1 aliphatic rings. The number of benzene rings is 1. The molecule has 0 fully saturated rings. The van der Waals surface area contributed by atoms with Gasteiger partial charge in [-0.1, -0.05) is 18.2 Å². The van der Waals surface area contributed by atoms with Crippen LogP contribution < -0.4 is 5.32 Å². The molecule has 3 aromatic rings. The number of amides is 1. The zero-order valence-electron chi connectivity index (χ0n) is 15.9. The number of nitrogens with zero attached hydrogens (tertiary/aromatic N) is 4. The first-order valence-corrected chi connectivity index (χ1v) is 10.1. The van der Waals surface area contributed by atoms with E-state index in [4.69, 9.17) is 5.10 Å². The minimum Gasteiger partial charge on any atom is -0.310 e. The summed E-state index contributed by atoms with van der Waals surface area (Å²) in [5, 5.41) is 12.4. The molecule has 4 rings (SSSR count). The van der Waals surface area contributed by atoms with E-state index in [0.717, 1.165) is 34.0 Å². The summed E-state index contributed by atoms with van der Waals surface area (Å²) in [6.07, 6.45) is 1.89. The zero-order chi connectivity index (χ0) is 19.1. The molecule has 6 nitrogen and oxygen atoms in total. The van der Waals surface area contributed by atoms with Crippen molar-refractivity contribution in [3.63, 3.8) is 0 Å². The summed E-state index contributed by atoms with van der Waals surface area (Å²) >= 11 is 1.63. The van der Waals surface area contributed by atoms with Gasteiger partial charge in [-0.3, -0.25) is 4.79 Å². The molecule has 0 saturated carbocycles. The topological polar surface area (TPSA) is 64.7 Å². The third kappa shape index (κ3) is 3.06. The average Bonchev–Trinajstić information content (AvgIpc) is 3.14. The predicted octanol–water partition coefficient (Wildman–Crippen LogP) is 4.04. The summed E-state index contributed by atoms with van der Waals surface area (Å²) in [4.78, 5) is 12.3. The lowest BCUT2D eigenvalue weighted by Crippen LogP contribution is -2.17. The highest BCUT2D eigenvalue weighted by Gasteiger charge is 2.32. The normalized spacial score (nSPS) is 16.9. The summed E-state index contributed by atoms with van der Waals surface area (Å²) in [5.41, 5.74) is 5.30. The Bertz CT molecular complexity index is 989. The van der Waals surface area contributed by atoms with Gasteiger partial charge < -0.3 is 5.32 Å². The fourth-order valence-electron chi connectivity index (χ4n) is 3.60. The molecule has 7 heteroatoms. The van der Waals surface area contributed by atoms with Crippen LogP contribution in [-0.4, -0.2) is 31.2 Å². The van der Waals surface area contributed by atoms with Crippen LogP contribution in [0.25, 0.3) is 5.69 Å². The number of aryl methyl sites for hydroxylation is 1. The van der Waals surface area contributed by atoms with Gasteiger partial charge >= 0.3 is 0 Å². The highest BCUT2D eigenvalue weighted by molar-refractivity contribution is 8.00. The molecule has 27 heavy (non-hydrogen) atoms. The molecule has 0 aliphatic carbocycles. The van der Waals surface area contributed by atoms with Gasteiger partial charge in [0.2, 0.25) is 5.91 Å². The first-order chi connectivity index (χ1) is 13.0. The Balaban J connectivity index is 1.85. The third-order valence-corrected chi connectivity index (χ3v) is 6.10. The third-order valence-electron chi connectivity index (χ3n) is 4.84. The van der Waals surface area contributed by atoms with Gasteiger partial charge in [-0.2, -0.15) is 10.2 Å². The quantitative estimate of drug-likeness (QED) is 0.744. The maximum Gasteiger partial charge on any atom is 0.235 e. The Morgan fingerprint density at radius 2 is 1.96 bits per heavy atom. The molecule has 0 radical (unpaired) electrons. The Hall–Kier alpha value is -2.54. The van der Waals surface area contributed by atoms with Crippen LogP contribution in [0.15, 0.2) is 36.5 Å². The molecule has 1 amide bonds. The monoisotopic (exact) mass is 381 g/mol. The van der Waals surface area contributed by atoms with Gasteiger partial charge in [-0.15, -0.1) is 11.8 Å². The lowest BCUT2D eigenvalue weighted by Gasteiger charge is -2.16. The minimum atomic E-state index is 0.0110. The van der Waals surface area contributed by atoms with E-state index in [2.05, 4.69) is 43.3 Å². The lowest BCUT2D eigenvalue weighted by atomic mass is 10.0. The van der Waals surface area contributed by atoms with Crippen molar-refractivity contribution in [1.29, 1.82) is 0 Å². The number of nitrogens with one attached hydrogen (secondary N) is 1. The van der Waals surface area contributed by atoms with Crippen molar-refractivity contribution in [1.82, 2.24) is 19.6 Å². The number of rotatable bonds is 3. The van der Waals surface area contributed by atoms with E-state index in [0.29, 0.717) is 5.75 Å². The summed E-state index contributed by atoms with van der Waals surface area (Å²) in [6.45, 7) is 8.26. The van der Waals surface area contributed by atoms with Crippen LogP contribution in [0.1, 0.15) is 47.7 Å². The first-order valence-electron chi connectivity index (χ1n) is 9.07. The van der Waals surface area contributed by atoms with Gasteiger partial charge in [0.1, 0.15) is 5.82 Å². The predicted molar refractivity (Wildman–Crippen MR) is 109 cm³/mol. The zero-order valence-corrected chi connectivity index (χ0v) is 16.7. The molecule has 1 atom stereocenters. The van der Waals surface area contributed by atoms with Gasteiger partial charge in [-0.25, -0.2) is 9.36 Å². The van der Waals surface area contributed by atoms with Crippen LogP contribution >= 0.6 is 11.8 Å². The maximum absolute atomic E-state index is 12.3. The number of hydrogen-bond donors (Lipinski definition) is 1. The molecule has 140 valence electrons. The average molecular weight is 382 g/mol. The highest BCUT2D eigenvalue weighted by Crippen LogP contribution is 2.44. The van der Waals surface area contributed by atoms with Gasteiger partial charge in [-0.05, 0) is 39.8 Å². The first kappa shape index (κ1) is 17.9. The molecule has 0 spiro atoms. The van der Waals surface area contributed by atoms with E-state index in [1.54, 1.807) is 11.8 Å². The van der Waals surface area contributed by atoms with E-state index in [1.165, 1.54) is 0 Å². The minimum absolute atomic E-state index is 0.0110. The second kappa shape index (κ2) is 6.88. The van der Waals surface area contributed by atoms with Crippen LogP contribution in [0.5, 0.6) is 0 Å². The lowest BCUT2D eigenvalue weighted by molar-refractivity contribution is -0.113. The SMILES string of the molecule is Cc1nn(-c2ccccc2)c(C)c1[C@H]1SCC(=O)Nc2c1cnn2C(C)C. The maximum atomic E-state index is 12.3. The molecule has 0 saturated heterocycles.